The number of amides is 2. The summed E-state index contributed by atoms with van der Waals surface area (Å²) in [6.07, 6.45) is 0.890. The predicted molar refractivity (Wildman–Crippen MR) is 129 cm³/mol. The first-order chi connectivity index (χ1) is 16.0. The fraction of sp³-hybridized carbons (Fsp3) is 0.320. The van der Waals surface area contributed by atoms with E-state index in [2.05, 4.69) is 10.3 Å². The number of nitrogens with zero attached hydrogens (tertiary/aromatic N) is 2. The number of aromatic nitrogens is 1. The Balaban J connectivity index is 1.32. The maximum Gasteiger partial charge on any atom is 0.231 e. The zero-order valence-corrected chi connectivity index (χ0v) is 19.8. The highest BCUT2D eigenvalue weighted by atomic mass is 32.1. The van der Waals surface area contributed by atoms with Gasteiger partial charge in [-0.3, -0.25) is 9.59 Å². The van der Waals surface area contributed by atoms with E-state index in [-0.39, 0.29) is 24.2 Å². The first-order valence-electron chi connectivity index (χ1n) is 10.8. The number of hydrogen-bond donors (Lipinski definition) is 1. The molecule has 1 aliphatic rings. The second-order valence-corrected chi connectivity index (χ2v) is 8.93. The first kappa shape index (κ1) is 22.8. The molecule has 1 aromatic heterocycles. The van der Waals surface area contributed by atoms with E-state index in [1.54, 1.807) is 19.1 Å². The zero-order valence-electron chi connectivity index (χ0n) is 19.0. The van der Waals surface area contributed by atoms with Crippen LogP contribution in [-0.2, 0) is 16.0 Å². The number of anilines is 1. The van der Waals surface area contributed by atoms with Crippen LogP contribution in [0.2, 0.25) is 0 Å². The molecule has 7 nitrogen and oxygen atoms in total. The summed E-state index contributed by atoms with van der Waals surface area (Å²) in [6.45, 7) is 3.00. The van der Waals surface area contributed by atoms with Crippen molar-refractivity contribution in [2.75, 3.05) is 32.6 Å². The smallest absolute Gasteiger partial charge is 0.231 e. The monoisotopic (exact) mass is 465 g/mol. The fourth-order valence-electron chi connectivity index (χ4n) is 3.86. The molecule has 0 spiro atoms. The first-order valence-corrected chi connectivity index (χ1v) is 11.7. The lowest BCUT2D eigenvalue weighted by atomic mass is 10.1. The number of thiazole rings is 1. The van der Waals surface area contributed by atoms with Gasteiger partial charge in [-0.1, -0.05) is 35.9 Å². The molecule has 172 valence electrons. The molecule has 2 amide bonds. The van der Waals surface area contributed by atoms with Crippen molar-refractivity contribution in [3.63, 3.8) is 0 Å². The molecule has 2 aromatic carbocycles. The molecule has 33 heavy (non-hydrogen) atoms. The van der Waals surface area contributed by atoms with Crippen molar-refractivity contribution >= 4 is 28.3 Å². The third kappa shape index (κ3) is 5.34. The molecule has 2 heterocycles. The van der Waals surface area contributed by atoms with Crippen LogP contribution in [0.25, 0.3) is 11.3 Å². The average Bonchev–Trinajstić information content (AvgIpc) is 3.44. The molecule has 1 atom stereocenters. The number of nitrogens with one attached hydrogen (secondary N) is 1. The van der Waals surface area contributed by atoms with Crippen molar-refractivity contribution in [3.8, 4) is 22.8 Å². The molecule has 3 aromatic rings. The summed E-state index contributed by atoms with van der Waals surface area (Å²) in [6, 6.07) is 13.8. The van der Waals surface area contributed by atoms with Crippen LogP contribution in [0.5, 0.6) is 11.5 Å². The number of methoxy groups -OCH3 is 2. The number of likely N-dealkylation sites (tertiary alicyclic amines) is 1. The lowest BCUT2D eigenvalue weighted by Crippen LogP contribution is -2.30. The highest BCUT2D eigenvalue weighted by Crippen LogP contribution is 2.29. The van der Waals surface area contributed by atoms with Gasteiger partial charge in [0.15, 0.2) is 16.6 Å². The standard InChI is InChI=1S/C25H27N3O4S/c1-16-4-7-18(8-5-16)20-15-33-25(26-20)27-24(30)19-13-23(29)28(14-19)11-10-17-6-9-21(31-2)22(12-17)32-3/h4-9,12,15,19H,10-11,13-14H2,1-3H3,(H,26,27,30). The van der Waals surface area contributed by atoms with Crippen molar-refractivity contribution in [2.24, 2.45) is 5.92 Å². The van der Waals surface area contributed by atoms with Gasteiger partial charge in [-0.2, -0.15) is 0 Å². The Hall–Kier alpha value is -3.39. The minimum absolute atomic E-state index is 0.00453. The Labute approximate surface area is 197 Å². The normalized spacial score (nSPS) is 15.5. The van der Waals surface area contributed by atoms with E-state index in [0.29, 0.717) is 36.1 Å². The van der Waals surface area contributed by atoms with Gasteiger partial charge in [-0.15, -0.1) is 11.3 Å². The summed E-state index contributed by atoms with van der Waals surface area (Å²) in [4.78, 5) is 31.5. The predicted octanol–water partition coefficient (Wildman–Crippen LogP) is 4.17. The number of aryl methyl sites for hydroxylation is 1. The summed E-state index contributed by atoms with van der Waals surface area (Å²) >= 11 is 1.39. The van der Waals surface area contributed by atoms with E-state index in [0.717, 1.165) is 16.8 Å². The summed E-state index contributed by atoms with van der Waals surface area (Å²) in [5.74, 6) is 0.780. The van der Waals surface area contributed by atoms with Crippen LogP contribution in [-0.4, -0.2) is 49.0 Å². The minimum Gasteiger partial charge on any atom is -0.493 e. The topological polar surface area (TPSA) is 80.8 Å². The van der Waals surface area contributed by atoms with Gasteiger partial charge in [0.1, 0.15) is 0 Å². The van der Waals surface area contributed by atoms with Crippen molar-refractivity contribution in [2.45, 2.75) is 19.8 Å². The van der Waals surface area contributed by atoms with Crippen molar-refractivity contribution < 1.29 is 19.1 Å². The number of benzene rings is 2. The quantitative estimate of drug-likeness (QED) is 0.540. The van der Waals surface area contributed by atoms with Gasteiger partial charge in [0, 0.05) is 30.5 Å². The number of ether oxygens (including phenoxy) is 2. The van der Waals surface area contributed by atoms with E-state index >= 15 is 0 Å². The molecular formula is C25H27N3O4S. The Morgan fingerprint density at radius 3 is 2.64 bits per heavy atom. The van der Waals surface area contributed by atoms with Crippen LogP contribution in [0.4, 0.5) is 5.13 Å². The van der Waals surface area contributed by atoms with Gasteiger partial charge in [0.2, 0.25) is 11.8 Å². The van der Waals surface area contributed by atoms with E-state index < -0.39 is 0 Å². The molecule has 1 unspecified atom stereocenters. The number of carbonyl (C=O) groups is 2. The van der Waals surface area contributed by atoms with Gasteiger partial charge < -0.3 is 19.7 Å². The highest BCUT2D eigenvalue weighted by molar-refractivity contribution is 7.14. The van der Waals surface area contributed by atoms with Crippen LogP contribution in [0, 0.1) is 12.8 Å². The van der Waals surface area contributed by atoms with Gasteiger partial charge in [-0.25, -0.2) is 4.98 Å². The second-order valence-electron chi connectivity index (χ2n) is 8.07. The van der Waals surface area contributed by atoms with E-state index in [1.807, 2.05) is 54.8 Å². The van der Waals surface area contributed by atoms with Crippen molar-refractivity contribution in [1.82, 2.24) is 9.88 Å². The number of rotatable bonds is 8. The van der Waals surface area contributed by atoms with Gasteiger partial charge in [0.25, 0.3) is 0 Å². The van der Waals surface area contributed by atoms with Gasteiger partial charge in [-0.05, 0) is 31.0 Å². The lowest BCUT2D eigenvalue weighted by Gasteiger charge is -2.17. The Morgan fingerprint density at radius 1 is 1.15 bits per heavy atom. The minimum atomic E-state index is -0.380. The summed E-state index contributed by atoms with van der Waals surface area (Å²) < 4.78 is 10.6. The maximum atomic E-state index is 12.8. The van der Waals surface area contributed by atoms with Gasteiger partial charge >= 0.3 is 0 Å². The van der Waals surface area contributed by atoms with E-state index in [9.17, 15) is 9.59 Å². The number of carbonyl (C=O) groups excluding carboxylic acids is 2. The van der Waals surface area contributed by atoms with Crippen molar-refractivity contribution in [1.29, 1.82) is 0 Å². The van der Waals surface area contributed by atoms with Crippen LogP contribution >= 0.6 is 11.3 Å². The highest BCUT2D eigenvalue weighted by Gasteiger charge is 2.34. The molecule has 1 saturated heterocycles. The van der Waals surface area contributed by atoms with Crippen LogP contribution < -0.4 is 14.8 Å². The molecule has 8 heteroatoms. The molecular weight excluding hydrogens is 438 g/mol. The van der Waals surface area contributed by atoms with E-state index in [4.69, 9.17) is 9.47 Å². The fourth-order valence-corrected chi connectivity index (χ4v) is 4.58. The van der Waals surface area contributed by atoms with Crippen LogP contribution in [0.3, 0.4) is 0 Å². The van der Waals surface area contributed by atoms with Crippen LogP contribution in [0.1, 0.15) is 17.5 Å². The summed E-state index contributed by atoms with van der Waals surface area (Å²) in [7, 11) is 3.20. The largest absolute Gasteiger partial charge is 0.493 e. The average molecular weight is 466 g/mol. The Bertz CT molecular complexity index is 1140. The molecule has 1 N–H and O–H groups in total. The van der Waals surface area contributed by atoms with Crippen LogP contribution in [0.15, 0.2) is 47.8 Å². The molecule has 0 bridgehead atoms. The zero-order chi connectivity index (χ0) is 23.4. The Morgan fingerprint density at radius 2 is 1.91 bits per heavy atom. The molecule has 0 radical (unpaired) electrons. The maximum absolute atomic E-state index is 12.8. The van der Waals surface area contributed by atoms with Gasteiger partial charge in [0.05, 0.1) is 25.8 Å². The van der Waals surface area contributed by atoms with E-state index in [1.165, 1.54) is 16.9 Å². The lowest BCUT2D eigenvalue weighted by molar-refractivity contribution is -0.128. The second kappa shape index (κ2) is 10.0. The Kier molecular flexibility index (Phi) is 6.93. The molecule has 0 saturated carbocycles. The molecule has 4 rings (SSSR count). The SMILES string of the molecule is COc1ccc(CCN2CC(C(=O)Nc3nc(-c4ccc(C)cc4)cs3)CC2=O)cc1OC. The molecule has 1 fully saturated rings. The molecule has 1 aliphatic heterocycles. The third-order valence-electron chi connectivity index (χ3n) is 5.79. The number of hydrogen-bond acceptors (Lipinski definition) is 6. The summed E-state index contributed by atoms with van der Waals surface area (Å²) in [5.41, 5.74) is 4.06. The third-order valence-corrected chi connectivity index (χ3v) is 6.54. The van der Waals surface area contributed by atoms with Crippen molar-refractivity contribution in [3.05, 3.63) is 59.0 Å². The summed E-state index contributed by atoms with van der Waals surface area (Å²) in [5, 5.41) is 5.36. The molecule has 0 aliphatic carbocycles.